The van der Waals surface area contributed by atoms with Crippen molar-refractivity contribution >= 4 is 5.91 Å². The van der Waals surface area contributed by atoms with Crippen molar-refractivity contribution in [3.63, 3.8) is 0 Å². The molecule has 1 amide bonds. The topological polar surface area (TPSA) is 149 Å². The fraction of sp³-hybridized carbons (Fsp3) is 0.833. The van der Waals surface area contributed by atoms with E-state index in [-0.39, 0.29) is 12.5 Å². The van der Waals surface area contributed by atoms with Gasteiger partial charge in [0.05, 0.1) is 25.4 Å². The van der Waals surface area contributed by atoms with Gasteiger partial charge in [-0.1, -0.05) is 223 Å². The van der Waals surface area contributed by atoms with E-state index < -0.39 is 49.5 Å². The first-order chi connectivity index (χ1) is 30.8. The van der Waals surface area contributed by atoms with Crippen LogP contribution in [-0.2, 0) is 14.3 Å². The molecular weight excluding hydrogens is 791 g/mol. The molecule has 1 saturated heterocycles. The predicted molar refractivity (Wildman–Crippen MR) is 263 cm³/mol. The molecule has 0 aromatic rings. The first-order valence-corrected chi connectivity index (χ1v) is 26.3. The third-order valence-electron chi connectivity index (χ3n) is 12.4. The van der Waals surface area contributed by atoms with Gasteiger partial charge in [-0.3, -0.25) is 4.79 Å². The summed E-state index contributed by atoms with van der Waals surface area (Å²) in [5, 5.41) is 54.6. The maximum atomic E-state index is 13.0. The minimum atomic E-state index is -1.55. The highest BCUT2D eigenvalue weighted by atomic mass is 16.7. The van der Waals surface area contributed by atoms with E-state index in [9.17, 15) is 30.3 Å². The molecule has 1 aliphatic rings. The normalized spacial score (nSPS) is 20.5. The second-order valence-electron chi connectivity index (χ2n) is 18.3. The van der Waals surface area contributed by atoms with Gasteiger partial charge in [0.2, 0.25) is 5.91 Å². The minimum absolute atomic E-state index is 0.140. The molecule has 0 radical (unpaired) electrons. The van der Waals surface area contributed by atoms with Gasteiger partial charge in [0.15, 0.2) is 6.29 Å². The van der Waals surface area contributed by atoms with E-state index in [1.165, 1.54) is 135 Å². The summed E-state index contributed by atoms with van der Waals surface area (Å²) >= 11 is 0. The highest BCUT2D eigenvalue weighted by Crippen LogP contribution is 2.23. The van der Waals surface area contributed by atoms with Crippen LogP contribution in [0.4, 0.5) is 0 Å². The van der Waals surface area contributed by atoms with E-state index in [1.807, 2.05) is 0 Å². The Bertz CT molecular complexity index is 1130. The number of aliphatic hydroxyl groups excluding tert-OH is 5. The average Bonchev–Trinajstić information content (AvgIpc) is 3.28. The van der Waals surface area contributed by atoms with E-state index in [1.54, 1.807) is 0 Å². The second-order valence-corrected chi connectivity index (χ2v) is 18.3. The standard InChI is InChI=1S/C54H99NO8/c1-3-5-7-9-11-13-15-17-19-21-22-23-24-25-26-28-30-32-34-36-38-40-42-44-50(58)55-47(46-62-54-53(61)52(60)51(59)49(45-56)63-54)48(57)43-41-39-37-35-33-31-29-27-20-18-16-14-12-10-8-6-4-2/h5,7,11,13,17,19,22-23,47-49,51-54,56-57,59-61H,3-4,6,8-10,12,14-16,18,20-21,24-46H2,1-2H3,(H,55,58)/b7-5-,13-11-,19-17-,23-22-. The molecular formula is C54H99NO8. The molecule has 0 aromatic heterocycles. The molecule has 1 heterocycles. The van der Waals surface area contributed by atoms with Gasteiger partial charge in [-0.15, -0.1) is 0 Å². The van der Waals surface area contributed by atoms with Gasteiger partial charge >= 0.3 is 0 Å². The van der Waals surface area contributed by atoms with Gasteiger partial charge in [-0.05, 0) is 51.4 Å². The molecule has 6 N–H and O–H groups in total. The van der Waals surface area contributed by atoms with Gasteiger partial charge in [0, 0.05) is 6.42 Å². The Morgan fingerprint density at radius 3 is 1.46 bits per heavy atom. The Morgan fingerprint density at radius 1 is 0.556 bits per heavy atom. The van der Waals surface area contributed by atoms with Gasteiger partial charge in [0.25, 0.3) is 0 Å². The van der Waals surface area contributed by atoms with Crippen LogP contribution in [0.2, 0.25) is 0 Å². The zero-order chi connectivity index (χ0) is 45.9. The Balaban J connectivity index is 2.25. The van der Waals surface area contributed by atoms with E-state index >= 15 is 0 Å². The molecule has 9 nitrogen and oxygen atoms in total. The van der Waals surface area contributed by atoms with E-state index in [0.29, 0.717) is 12.8 Å². The Labute approximate surface area is 386 Å². The molecule has 0 aromatic carbocycles. The van der Waals surface area contributed by atoms with Crippen LogP contribution in [0.15, 0.2) is 48.6 Å². The van der Waals surface area contributed by atoms with E-state index in [4.69, 9.17) is 9.47 Å². The molecule has 63 heavy (non-hydrogen) atoms. The number of hydrogen-bond donors (Lipinski definition) is 6. The highest BCUT2D eigenvalue weighted by Gasteiger charge is 2.44. The molecule has 9 heteroatoms. The number of carbonyl (C=O) groups excluding carboxylic acids is 1. The number of hydrogen-bond acceptors (Lipinski definition) is 8. The van der Waals surface area contributed by atoms with Gasteiger partial charge < -0.3 is 40.3 Å². The summed E-state index contributed by atoms with van der Waals surface area (Å²) in [5.74, 6) is -0.149. The van der Waals surface area contributed by atoms with Crippen LogP contribution in [0.1, 0.15) is 232 Å². The quantitative estimate of drug-likeness (QED) is 0.0262. The van der Waals surface area contributed by atoms with Crippen LogP contribution in [0.25, 0.3) is 0 Å². The summed E-state index contributed by atoms with van der Waals surface area (Å²) in [5.41, 5.74) is 0. The molecule has 0 aliphatic carbocycles. The highest BCUT2D eigenvalue weighted by molar-refractivity contribution is 5.76. The van der Waals surface area contributed by atoms with Crippen LogP contribution in [0.5, 0.6) is 0 Å². The van der Waals surface area contributed by atoms with Crippen LogP contribution >= 0.6 is 0 Å². The fourth-order valence-corrected chi connectivity index (χ4v) is 8.27. The SMILES string of the molecule is CC/C=C\C/C=C\C/C=C\C/C=C\CCCCCCCCCCCCC(=O)NC(COC1OC(CO)C(O)C(O)C1O)C(O)CCCCCCCCCCCCCCCCCCC. The first-order valence-electron chi connectivity index (χ1n) is 26.3. The third kappa shape index (κ3) is 34.2. The number of unbranched alkanes of at least 4 members (excludes halogenated alkanes) is 26. The maximum absolute atomic E-state index is 13.0. The summed E-state index contributed by atoms with van der Waals surface area (Å²) in [6.45, 7) is 3.73. The number of amides is 1. The van der Waals surface area contributed by atoms with Crippen molar-refractivity contribution in [1.29, 1.82) is 0 Å². The summed E-state index contributed by atoms with van der Waals surface area (Å²) in [4.78, 5) is 13.0. The maximum Gasteiger partial charge on any atom is 0.220 e. The number of rotatable bonds is 44. The number of ether oxygens (including phenoxy) is 2. The van der Waals surface area contributed by atoms with Crippen molar-refractivity contribution in [3.05, 3.63) is 48.6 Å². The molecule has 7 atom stereocenters. The number of aliphatic hydroxyl groups is 5. The largest absolute Gasteiger partial charge is 0.394 e. The lowest BCUT2D eigenvalue weighted by atomic mass is 9.99. The molecule has 7 unspecified atom stereocenters. The number of carbonyl (C=O) groups is 1. The summed E-state index contributed by atoms with van der Waals surface area (Å²) in [6, 6.07) is -0.722. The summed E-state index contributed by atoms with van der Waals surface area (Å²) in [7, 11) is 0. The minimum Gasteiger partial charge on any atom is -0.394 e. The monoisotopic (exact) mass is 890 g/mol. The molecule has 0 bridgehead atoms. The number of nitrogens with one attached hydrogen (secondary N) is 1. The Morgan fingerprint density at radius 2 is 0.984 bits per heavy atom. The van der Waals surface area contributed by atoms with Crippen LogP contribution in [0.3, 0.4) is 0 Å². The van der Waals surface area contributed by atoms with Crippen molar-refractivity contribution in [3.8, 4) is 0 Å². The molecule has 0 spiro atoms. The van der Waals surface area contributed by atoms with Crippen molar-refractivity contribution in [1.82, 2.24) is 5.32 Å². The van der Waals surface area contributed by atoms with Gasteiger partial charge in [-0.2, -0.15) is 0 Å². The summed E-state index contributed by atoms with van der Waals surface area (Å²) in [6.07, 6.45) is 49.7. The fourth-order valence-electron chi connectivity index (χ4n) is 8.27. The van der Waals surface area contributed by atoms with Crippen LogP contribution in [-0.4, -0.2) is 87.5 Å². The van der Waals surface area contributed by atoms with Crippen LogP contribution < -0.4 is 5.32 Å². The van der Waals surface area contributed by atoms with Crippen molar-refractivity contribution in [2.75, 3.05) is 13.2 Å². The molecule has 1 fully saturated rings. The smallest absolute Gasteiger partial charge is 0.220 e. The van der Waals surface area contributed by atoms with Gasteiger partial charge in [0.1, 0.15) is 24.4 Å². The second kappa shape index (κ2) is 44.0. The summed E-state index contributed by atoms with van der Waals surface area (Å²) < 4.78 is 11.3. The Hall–Kier alpha value is -1.85. The molecule has 0 saturated carbocycles. The van der Waals surface area contributed by atoms with E-state index in [0.717, 1.165) is 70.6 Å². The lowest BCUT2D eigenvalue weighted by Crippen LogP contribution is -2.60. The van der Waals surface area contributed by atoms with Crippen molar-refractivity contribution in [2.24, 2.45) is 0 Å². The predicted octanol–water partition coefficient (Wildman–Crippen LogP) is 12.2. The average molecular weight is 890 g/mol. The first kappa shape index (κ1) is 59.2. The van der Waals surface area contributed by atoms with Crippen molar-refractivity contribution in [2.45, 2.75) is 275 Å². The lowest BCUT2D eigenvalue weighted by Gasteiger charge is -2.40. The molecule has 1 aliphatic heterocycles. The van der Waals surface area contributed by atoms with Gasteiger partial charge in [-0.25, -0.2) is 0 Å². The van der Waals surface area contributed by atoms with E-state index in [2.05, 4.69) is 67.8 Å². The third-order valence-corrected chi connectivity index (χ3v) is 12.4. The molecule has 368 valence electrons. The zero-order valence-corrected chi connectivity index (χ0v) is 40.6. The van der Waals surface area contributed by atoms with Crippen LogP contribution in [0, 0.1) is 0 Å². The Kier molecular flexibility index (Phi) is 41.3. The van der Waals surface area contributed by atoms with Crippen molar-refractivity contribution < 1.29 is 39.8 Å². The lowest BCUT2D eigenvalue weighted by molar-refractivity contribution is -0.302. The zero-order valence-electron chi connectivity index (χ0n) is 40.6. The number of allylic oxidation sites excluding steroid dienone is 8. The molecule has 1 rings (SSSR count).